The van der Waals surface area contributed by atoms with Crippen LogP contribution in [-0.4, -0.2) is 67.3 Å². The van der Waals surface area contributed by atoms with Crippen LogP contribution >= 0.6 is 0 Å². The summed E-state index contributed by atoms with van der Waals surface area (Å²) in [5.74, 6) is 1.09. The molecule has 4 aromatic rings. The zero-order chi connectivity index (χ0) is 27.3. The number of aliphatic hydroxyl groups is 1. The summed E-state index contributed by atoms with van der Waals surface area (Å²) in [6.07, 6.45) is 3.60. The zero-order valence-electron chi connectivity index (χ0n) is 21.6. The van der Waals surface area contributed by atoms with Gasteiger partial charge >= 0.3 is 0 Å². The number of carbonyl (C=O) groups is 2. The molecule has 1 aromatic carbocycles. The monoisotopic (exact) mass is 528 g/mol. The molecule has 0 radical (unpaired) electrons. The second kappa shape index (κ2) is 9.66. The maximum Gasteiger partial charge on any atom is 0.251 e. The Balaban J connectivity index is 1.34. The number of carbonyl (C=O) groups excluding carboxylic acids is 2. The number of hydrogen-bond acceptors (Lipinski definition) is 9. The Morgan fingerprint density at radius 1 is 1.08 bits per heavy atom. The van der Waals surface area contributed by atoms with E-state index < -0.39 is 6.10 Å². The smallest absolute Gasteiger partial charge is 0.251 e. The summed E-state index contributed by atoms with van der Waals surface area (Å²) in [7, 11) is 0. The predicted octanol–water partition coefficient (Wildman–Crippen LogP) is 3.06. The van der Waals surface area contributed by atoms with Crippen LogP contribution in [0.5, 0.6) is 11.5 Å². The van der Waals surface area contributed by atoms with Crippen LogP contribution < -0.4 is 15.2 Å². The van der Waals surface area contributed by atoms with Gasteiger partial charge in [0.1, 0.15) is 11.9 Å². The second-order valence-corrected chi connectivity index (χ2v) is 9.88. The summed E-state index contributed by atoms with van der Waals surface area (Å²) in [5, 5.41) is 14.1. The van der Waals surface area contributed by atoms with Gasteiger partial charge in [-0.1, -0.05) is 6.07 Å². The van der Waals surface area contributed by atoms with Crippen molar-refractivity contribution in [2.75, 3.05) is 25.6 Å². The number of ether oxygens (including phenoxy) is 2. The third-order valence-electron chi connectivity index (χ3n) is 7.36. The number of fused-ring (bicyclic) bond motifs is 2. The third-order valence-corrected chi connectivity index (χ3v) is 7.36. The van der Waals surface area contributed by atoms with E-state index in [9.17, 15) is 14.7 Å². The van der Waals surface area contributed by atoms with Crippen LogP contribution in [0.2, 0.25) is 0 Å². The predicted molar refractivity (Wildman–Crippen MR) is 142 cm³/mol. The fourth-order valence-corrected chi connectivity index (χ4v) is 5.31. The Kier molecular flexibility index (Phi) is 6.15. The average molecular weight is 529 g/mol. The van der Waals surface area contributed by atoms with Crippen molar-refractivity contribution in [1.82, 2.24) is 24.5 Å². The first-order valence-electron chi connectivity index (χ1n) is 12.8. The molecule has 0 bridgehead atoms. The minimum Gasteiger partial charge on any atom is -0.454 e. The average Bonchev–Trinajstić information content (AvgIpc) is 3.59. The summed E-state index contributed by atoms with van der Waals surface area (Å²) < 4.78 is 12.4. The Morgan fingerprint density at radius 3 is 2.51 bits per heavy atom. The number of rotatable bonds is 5. The lowest BCUT2D eigenvalue weighted by Crippen LogP contribution is -2.42. The van der Waals surface area contributed by atoms with Gasteiger partial charge in [0.05, 0.1) is 23.1 Å². The molecule has 0 saturated carbocycles. The molecule has 2 aliphatic heterocycles. The van der Waals surface area contributed by atoms with E-state index in [0.717, 1.165) is 22.4 Å². The lowest BCUT2D eigenvalue weighted by molar-refractivity contribution is -0.140. The molecule has 11 heteroatoms. The standard InChI is InChI=1S/C28H28N6O5/c1-15(35)24-25(17-7-9-33(10-8-17)28(37)16(2)36)32-27-20(13-31-34(27)26(24)29)19-3-5-21(30-12-19)18-4-6-22-23(11-18)39-14-38-22/h3-6,11-13,16-17,36H,7-10,14,29H2,1-2H3/t16-/m1/s1. The molecule has 3 aromatic heterocycles. The first kappa shape index (κ1) is 24.8. The van der Waals surface area contributed by atoms with E-state index in [2.05, 4.69) is 10.1 Å². The van der Waals surface area contributed by atoms with Gasteiger partial charge < -0.3 is 25.2 Å². The van der Waals surface area contributed by atoms with E-state index in [4.69, 9.17) is 20.2 Å². The minimum absolute atomic E-state index is 0.0662. The van der Waals surface area contributed by atoms with Gasteiger partial charge in [-0.25, -0.2) is 4.98 Å². The van der Waals surface area contributed by atoms with Crippen molar-refractivity contribution in [2.24, 2.45) is 0 Å². The quantitative estimate of drug-likeness (QED) is 0.373. The number of anilines is 1. The molecular formula is C28H28N6O5. The first-order chi connectivity index (χ1) is 18.8. The molecule has 6 rings (SSSR count). The summed E-state index contributed by atoms with van der Waals surface area (Å²) >= 11 is 0. The largest absolute Gasteiger partial charge is 0.454 e. The molecule has 0 aliphatic carbocycles. The fourth-order valence-electron chi connectivity index (χ4n) is 5.31. The van der Waals surface area contributed by atoms with E-state index in [-0.39, 0.29) is 30.2 Å². The number of Topliss-reactive ketones (excluding diaryl/α,β-unsaturated/α-hetero) is 1. The minimum atomic E-state index is -1.04. The summed E-state index contributed by atoms with van der Waals surface area (Å²) in [4.78, 5) is 36.1. The van der Waals surface area contributed by atoms with E-state index in [1.807, 2.05) is 30.3 Å². The molecule has 2 aliphatic rings. The zero-order valence-corrected chi connectivity index (χ0v) is 21.6. The summed E-state index contributed by atoms with van der Waals surface area (Å²) in [6, 6.07) is 9.56. The number of piperidine rings is 1. The lowest BCUT2D eigenvalue weighted by atomic mass is 9.89. The molecule has 39 heavy (non-hydrogen) atoms. The molecular weight excluding hydrogens is 500 g/mol. The Hall–Kier alpha value is -4.51. The highest BCUT2D eigenvalue weighted by Gasteiger charge is 2.31. The van der Waals surface area contributed by atoms with Crippen LogP contribution in [-0.2, 0) is 4.79 Å². The number of benzene rings is 1. The van der Waals surface area contributed by atoms with E-state index in [0.29, 0.717) is 54.3 Å². The molecule has 1 atom stereocenters. The van der Waals surface area contributed by atoms with Crippen molar-refractivity contribution in [3.8, 4) is 33.9 Å². The lowest BCUT2D eigenvalue weighted by Gasteiger charge is -2.33. The highest BCUT2D eigenvalue weighted by Crippen LogP contribution is 2.37. The molecule has 1 saturated heterocycles. The molecule has 1 amide bonds. The van der Waals surface area contributed by atoms with E-state index in [1.165, 1.54) is 18.4 Å². The second-order valence-electron chi connectivity index (χ2n) is 9.88. The summed E-state index contributed by atoms with van der Waals surface area (Å²) in [6.45, 7) is 4.09. The molecule has 5 heterocycles. The van der Waals surface area contributed by atoms with Gasteiger partial charge in [-0.3, -0.25) is 14.6 Å². The normalized spacial score (nSPS) is 16.0. The molecule has 200 valence electrons. The number of hydrogen-bond donors (Lipinski definition) is 2. The van der Waals surface area contributed by atoms with Gasteiger partial charge in [0.15, 0.2) is 22.9 Å². The van der Waals surface area contributed by atoms with Crippen molar-refractivity contribution >= 4 is 23.2 Å². The maximum absolute atomic E-state index is 12.7. The van der Waals surface area contributed by atoms with E-state index in [1.54, 1.807) is 17.3 Å². The maximum atomic E-state index is 12.7. The van der Waals surface area contributed by atoms with Crippen LogP contribution in [0, 0.1) is 0 Å². The van der Waals surface area contributed by atoms with Gasteiger partial charge in [0.2, 0.25) is 6.79 Å². The van der Waals surface area contributed by atoms with Crippen LogP contribution in [0.25, 0.3) is 28.0 Å². The number of aliphatic hydroxyl groups excluding tert-OH is 1. The first-order valence-corrected chi connectivity index (χ1v) is 12.8. The summed E-state index contributed by atoms with van der Waals surface area (Å²) in [5.41, 5.74) is 11.2. The molecule has 11 nitrogen and oxygen atoms in total. The Bertz CT molecular complexity index is 1590. The molecule has 0 unspecified atom stereocenters. The Morgan fingerprint density at radius 2 is 1.82 bits per heavy atom. The topological polar surface area (TPSA) is 145 Å². The third kappa shape index (κ3) is 4.34. The van der Waals surface area contributed by atoms with Gasteiger partial charge in [-0.05, 0) is 51.0 Å². The molecule has 3 N–H and O–H groups in total. The van der Waals surface area contributed by atoms with Crippen molar-refractivity contribution in [3.63, 3.8) is 0 Å². The fraction of sp³-hybridized carbons (Fsp3) is 0.321. The van der Waals surface area contributed by atoms with Gasteiger partial charge in [0.25, 0.3) is 5.91 Å². The van der Waals surface area contributed by atoms with E-state index >= 15 is 0 Å². The highest BCUT2D eigenvalue weighted by molar-refractivity contribution is 6.00. The van der Waals surface area contributed by atoms with Crippen LogP contribution in [0.4, 0.5) is 5.82 Å². The number of pyridine rings is 1. The van der Waals surface area contributed by atoms with Crippen LogP contribution in [0.15, 0.2) is 42.7 Å². The van der Waals surface area contributed by atoms with Crippen molar-refractivity contribution in [3.05, 3.63) is 54.0 Å². The van der Waals surface area contributed by atoms with Gasteiger partial charge in [-0.2, -0.15) is 9.61 Å². The van der Waals surface area contributed by atoms with Crippen molar-refractivity contribution in [2.45, 2.75) is 38.7 Å². The van der Waals surface area contributed by atoms with Crippen LogP contribution in [0.3, 0.4) is 0 Å². The van der Waals surface area contributed by atoms with Crippen molar-refractivity contribution < 1.29 is 24.2 Å². The molecule has 1 fully saturated rings. The number of nitrogens with two attached hydrogens (primary N) is 1. The SMILES string of the molecule is CC(=O)c1c(C2CCN(C(=O)[C@@H](C)O)CC2)nc2c(-c3ccc(-c4ccc5c(c4)OCO5)nc3)cnn2c1N. The van der Waals surface area contributed by atoms with Gasteiger partial charge in [-0.15, -0.1) is 0 Å². The number of nitrogen functional groups attached to an aromatic ring is 1. The number of ketones is 1. The number of likely N-dealkylation sites (tertiary alicyclic amines) is 1. The number of amides is 1. The van der Waals surface area contributed by atoms with Crippen molar-refractivity contribution in [1.29, 1.82) is 0 Å². The molecule has 0 spiro atoms. The van der Waals surface area contributed by atoms with Crippen LogP contribution in [0.1, 0.15) is 48.7 Å². The van der Waals surface area contributed by atoms with Gasteiger partial charge in [0, 0.05) is 41.9 Å². The Labute approximate surface area is 224 Å². The highest BCUT2D eigenvalue weighted by atomic mass is 16.7. The number of nitrogens with zero attached hydrogens (tertiary/aromatic N) is 5. The number of aromatic nitrogens is 4.